The lowest BCUT2D eigenvalue weighted by Gasteiger charge is -2.13. The summed E-state index contributed by atoms with van der Waals surface area (Å²) in [6.45, 7) is 0. The molecule has 0 amide bonds. The minimum Gasteiger partial charge on any atom is -0.369 e. The molecule has 0 spiro atoms. The van der Waals surface area contributed by atoms with Crippen LogP contribution in [0.2, 0.25) is 0 Å². The van der Waals surface area contributed by atoms with Crippen LogP contribution in [0.15, 0.2) is 36.4 Å². The topological polar surface area (TPSA) is 12.5 Å². The van der Waals surface area contributed by atoms with Gasteiger partial charge in [0.15, 0.2) is 0 Å². The summed E-state index contributed by atoms with van der Waals surface area (Å²) in [4.78, 5) is 0. The number of hydrogen-bond acceptors (Lipinski definition) is 1. The highest BCUT2D eigenvalue weighted by molar-refractivity contribution is 5.84. The molecule has 1 saturated heterocycles. The third-order valence-electron chi connectivity index (χ3n) is 3.60. The fourth-order valence-electron chi connectivity index (χ4n) is 2.69. The molecule has 0 saturated carbocycles. The summed E-state index contributed by atoms with van der Waals surface area (Å²) in [6, 6.07) is 13.3. The van der Waals surface area contributed by atoms with E-state index in [2.05, 4.69) is 36.4 Å². The van der Waals surface area contributed by atoms with Gasteiger partial charge in [0.1, 0.15) is 0 Å². The van der Waals surface area contributed by atoms with E-state index in [1.165, 1.54) is 21.9 Å². The number of rotatable bonds is 0. The quantitative estimate of drug-likeness (QED) is 0.590. The molecule has 4 rings (SSSR count). The van der Waals surface area contributed by atoms with Gasteiger partial charge >= 0.3 is 0 Å². The molecule has 2 aromatic rings. The van der Waals surface area contributed by atoms with E-state index >= 15 is 0 Å². The van der Waals surface area contributed by atoms with Gasteiger partial charge < -0.3 is 4.74 Å². The first kappa shape index (κ1) is 7.89. The number of benzene rings is 2. The summed E-state index contributed by atoms with van der Waals surface area (Å²) in [5.41, 5.74) is 2.99. The van der Waals surface area contributed by atoms with Crippen LogP contribution in [0, 0.1) is 0 Å². The third-order valence-corrected chi connectivity index (χ3v) is 3.60. The Morgan fingerprint density at radius 2 is 1.40 bits per heavy atom. The molecule has 0 aromatic heterocycles. The van der Waals surface area contributed by atoms with E-state index in [1.54, 1.807) is 0 Å². The lowest BCUT2D eigenvalue weighted by atomic mass is 9.89. The molecular weight excluding hydrogens is 184 g/mol. The largest absolute Gasteiger partial charge is 0.369 e. The molecule has 0 N–H and O–H groups in total. The summed E-state index contributed by atoms with van der Waals surface area (Å²) in [6.07, 6.45) is 3.28. The Hall–Kier alpha value is -1.34. The standard InChI is InChI=1S/C14H12O/c1-2-4-10-6-12-8-14-13(15-14)7-11(12)5-9(10)3-1/h1-6,13-14H,7-8H2/t13-,14+. The minimum atomic E-state index is 0.527. The van der Waals surface area contributed by atoms with E-state index in [9.17, 15) is 0 Å². The number of fused-ring (bicyclic) bond motifs is 3. The molecule has 15 heavy (non-hydrogen) atoms. The molecule has 0 radical (unpaired) electrons. The third kappa shape index (κ3) is 1.13. The first-order valence-electron chi connectivity index (χ1n) is 5.56. The smallest absolute Gasteiger partial charge is 0.0885 e. The van der Waals surface area contributed by atoms with Crippen LogP contribution in [-0.2, 0) is 17.6 Å². The molecule has 0 bridgehead atoms. The second-order valence-electron chi connectivity index (χ2n) is 4.59. The van der Waals surface area contributed by atoms with Crippen LogP contribution in [0.4, 0.5) is 0 Å². The normalized spacial score (nSPS) is 27.2. The van der Waals surface area contributed by atoms with Crippen molar-refractivity contribution in [3.05, 3.63) is 47.5 Å². The Kier molecular flexibility index (Phi) is 1.37. The van der Waals surface area contributed by atoms with Crippen LogP contribution in [0.3, 0.4) is 0 Å². The van der Waals surface area contributed by atoms with E-state index in [1.807, 2.05) is 0 Å². The van der Waals surface area contributed by atoms with E-state index in [-0.39, 0.29) is 0 Å². The fourth-order valence-corrected chi connectivity index (χ4v) is 2.69. The Morgan fingerprint density at radius 1 is 0.867 bits per heavy atom. The van der Waals surface area contributed by atoms with Crippen molar-refractivity contribution in [2.24, 2.45) is 0 Å². The Balaban J connectivity index is 1.97. The van der Waals surface area contributed by atoms with Gasteiger partial charge in [-0.05, 0) is 21.9 Å². The average Bonchev–Trinajstić information content (AvgIpc) is 3.00. The van der Waals surface area contributed by atoms with Crippen molar-refractivity contribution in [1.29, 1.82) is 0 Å². The van der Waals surface area contributed by atoms with Gasteiger partial charge in [-0.15, -0.1) is 0 Å². The van der Waals surface area contributed by atoms with Gasteiger partial charge in [0.25, 0.3) is 0 Å². The van der Waals surface area contributed by atoms with Gasteiger partial charge in [0.2, 0.25) is 0 Å². The lowest BCUT2D eigenvalue weighted by molar-refractivity contribution is 0.375. The Bertz CT molecular complexity index is 496. The van der Waals surface area contributed by atoms with Crippen LogP contribution < -0.4 is 0 Å². The van der Waals surface area contributed by atoms with Gasteiger partial charge in [-0.25, -0.2) is 0 Å². The van der Waals surface area contributed by atoms with Crippen LogP contribution in [-0.4, -0.2) is 12.2 Å². The van der Waals surface area contributed by atoms with Gasteiger partial charge in [-0.1, -0.05) is 36.4 Å². The molecule has 2 aliphatic rings. The van der Waals surface area contributed by atoms with Crippen molar-refractivity contribution >= 4 is 10.8 Å². The first-order chi connectivity index (χ1) is 7.40. The highest BCUT2D eigenvalue weighted by Gasteiger charge is 2.42. The van der Waals surface area contributed by atoms with Crippen molar-refractivity contribution < 1.29 is 4.74 Å². The van der Waals surface area contributed by atoms with Crippen molar-refractivity contribution in [1.82, 2.24) is 0 Å². The molecule has 1 nitrogen and oxygen atoms in total. The zero-order valence-corrected chi connectivity index (χ0v) is 8.44. The van der Waals surface area contributed by atoms with Gasteiger partial charge in [-0.3, -0.25) is 0 Å². The maximum absolute atomic E-state index is 5.59. The highest BCUT2D eigenvalue weighted by atomic mass is 16.6. The maximum atomic E-state index is 5.59. The molecular formula is C14H12O. The molecule has 2 atom stereocenters. The van der Waals surface area contributed by atoms with Crippen molar-refractivity contribution in [3.8, 4) is 0 Å². The fraction of sp³-hybridized carbons (Fsp3) is 0.286. The summed E-state index contributed by atoms with van der Waals surface area (Å²) in [7, 11) is 0. The molecule has 0 unspecified atom stereocenters. The zero-order chi connectivity index (χ0) is 9.83. The van der Waals surface area contributed by atoms with Crippen LogP contribution >= 0.6 is 0 Å². The SMILES string of the molecule is c1ccc2cc3c(cc2c1)C[C@@H]1O[C@@H]1C3. The first-order valence-corrected chi connectivity index (χ1v) is 5.56. The van der Waals surface area contributed by atoms with Crippen molar-refractivity contribution in [2.75, 3.05) is 0 Å². The van der Waals surface area contributed by atoms with E-state index < -0.39 is 0 Å². The Labute approximate surface area is 88.7 Å². The summed E-state index contributed by atoms with van der Waals surface area (Å²) in [5.74, 6) is 0. The number of ether oxygens (including phenoxy) is 1. The molecule has 1 aliphatic heterocycles. The molecule has 74 valence electrons. The minimum absolute atomic E-state index is 0.527. The average molecular weight is 196 g/mol. The van der Waals surface area contributed by atoms with E-state index in [0.717, 1.165) is 12.8 Å². The van der Waals surface area contributed by atoms with Gasteiger partial charge in [0, 0.05) is 12.8 Å². The van der Waals surface area contributed by atoms with E-state index in [0.29, 0.717) is 12.2 Å². The Morgan fingerprint density at radius 3 is 1.93 bits per heavy atom. The number of hydrogen-bond donors (Lipinski definition) is 0. The highest BCUT2D eigenvalue weighted by Crippen LogP contribution is 2.37. The second kappa shape index (κ2) is 2.61. The molecule has 1 aliphatic carbocycles. The molecule has 2 aromatic carbocycles. The predicted molar refractivity (Wildman–Crippen MR) is 60.0 cm³/mol. The zero-order valence-electron chi connectivity index (χ0n) is 8.44. The van der Waals surface area contributed by atoms with E-state index in [4.69, 9.17) is 4.74 Å². The second-order valence-corrected chi connectivity index (χ2v) is 4.59. The van der Waals surface area contributed by atoms with Crippen molar-refractivity contribution in [2.45, 2.75) is 25.0 Å². The molecule has 1 heteroatoms. The maximum Gasteiger partial charge on any atom is 0.0885 e. The monoisotopic (exact) mass is 196 g/mol. The summed E-state index contributed by atoms with van der Waals surface area (Å²) in [5, 5.41) is 2.71. The summed E-state index contributed by atoms with van der Waals surface area (Å²) >= 11 is 0. The van der Waals surface area contributed by atoms with Crippen molar-refractivity contribution in [3.63, 3.8) is 0 Å². The van der Waals surface area contributed by atoms with Crippen LogP contribution in [0.1, 0.15) is 11.1 Å². The molecule has 1 fully saturated rings. The predicted octanol–water partition coefficient (Wildman–Crippen LogP) is 2.71. The summed E-state index contributed by atoms with van der Waals surface area (Å²) < 4.78 is 5.59. The molecule has 1 heterocycles. The van der Waals surface area contributed by atoms with Crippen LogP contribution in [0.5, 0.6) is 0 Å². The number of epoxide rings is 1. The lowest BCUT2D eigenvalue weighted by Crippen LogP contribution is -2.11. The van der Waals surface area contributed by atoms with Gasteiger partial charge in [0.05, 0.1) is 12.2 Å². The van der Waals surface area contributed by atoms with Gasteiger partial charge in [-0.2, -0.15) is 0 Å². The van der Waals surface area contributed by atoms with Crippen LogP contribution in [0.25, 0.3) is 10.8 Å².